The van der Waals surface area contributed by atoms with Gasteiger partial charge in [0, 0.05) is 24.3 Å². The predicted octanol–water partition coefficient (Wildman–Crippen LogP) is 2.68. The van der Waals surface area contributed by atoms with Crippen molar-refractivity contribution in [2.45, 2.75) is 20.3 Å². The SMILES string of the molecule is [B]c1c(O)c(O)c([B])c2c(C(=O)c3cc(Br)c(OC(C)=O)c(Br)c3)c(CC)oc12. The van der Waals surface area contributed by atoms with Gasteiger partial charge in [-0.15, -0.1) is 0 Å². The van der Waals surface area contributed by atoms with Gasteiger partial charge in [-0.05, 0) is 54.9 Å². The molecule has 0 amide bonds. The highest BCUT2D eigenvalue weighted by molar-refractivity contribution is 9.11. The summed E-state index contributed by atoms with van der Waals surface area (Å²) >= 11 is 6.58. The highest BCUT2D eigenvalue weighted by Crippen LogP contribution is 2.37. The minimum Gasteiger partial charge on any atom is -0.505 e. The van der Waals surface area contributed by atoms with Gasteiger partial charge in [0.1, 0.15) is 32.8 Å². The highest BCUT2D eigenvalue weighted by Gasteiger charge is 2.27. The van der Waals surface area contributed by atoms with Gasteiger partial charge in [-0.3, -0.25) is 9.59 Å². The second-order valence-corrected chi connectivity index (χ2v) is 7.88. The van der Waals surface area contributed by atoms with Gasteiger partial charge in [0.05, 0.1) is 14.5 Å². The molecule has 0 atom stereocenters. The molecule has 0 spiro atoms. The van der Waals surface area contributed by atoms with Gasteiger partial charge in [-0.1, -0.05) is 6.92 Å². The van der Waals surface area contributed by atoms with Crippen LogP contribution in [0.2, 0.25) is 0 Å². The Hall–Kier alpha value is -2.19. The minimum absolute atomic E-state index is 0.0210. The fourth-order valence-electron chi connectivity index (χ4n) is 2.97. The maximum atomic E-state index is 13.3. The van der Waals surface area contributed by atoms with Crippen LogP contribution in [-0.2, 0) is 11.2 Å². The number of carbonyl (C=O) groups is 2. The summed E-state index contributed by atoms with van der Waals surface area (Å²) in [5, 5.41) is 20.1. The molecule has 1 aromatic heterocycles. The van der Waals surface area contributed by atoms with E-state index in [1.165, 1.54) is 19.1 Å². The van der Waals surface area contributed by atoms with Gasteiger partial charge in [0.25, 0.3) is 0 Å². The van der Waals surface area contributed by atoms with E-state index >= 15 is 0 Å². The molecule has 0 saturated carbocycles. The van der Waals surface area contributed by atoms with E-state index in [4.69, 9.17) is 24.8 Å². The molecule has 0 unspecified atom stereocenters. The zero-order chi connectivity index (χ0) is 21.6. The van der Waals surface area contributed by atoms with Gasteiger partial charge in [-0.2, -0.15) is 0 Å². The first-order valence-electron chi connectivity index (χ1n) is 8.34. The topological polar surface area (TPSA) is 97.0 Å². The lowest BCUT2D eigenvalue weighted by molar-refractivity contribution is -0.131. The van der Waals surface area contributed by atoms with Gasteiger partial charge in [-0.25, -0.2) is 0 Å². The number of fused-ring (bicyclic) bond motifs is 1. The van der Waals surface area contributed by atoms with Crippen molar-refractivity contribution < 1.29 is 29.0 Å². The van der Waals surface area contributed by atoms with Crippen LogP contribution in [0.3, 0.4) is 0 Å². The van der Waals surface area contributed by atoms with Crippen LogP contribution < -0.4 is 15.7 Å². The second-order valence-electron chi connectivity index (χ2n) is 6.17. The number of phenolic OH excluding ortho intramolecular Hbond substituents is 2. The summed E-state index contributed by atoms with van der Waals surface area (Å²) in [6.45, 7) is 3.04. The summed E-state index contributed by atoms with van der Waals surface area (Å²) in [6, 6.07) is 2.98. The van der Waals surface area contributed by atoms with Crippen LogP contribution in [-0.4, -0.2) is 37.7 Å². The Morgan fingerprint density at radius 2 is 1.66 bits per heavy atom. The molecule has 1 heterocycles. The molecule has 3 aromatic rings. The summed E-state index contributed by atoms with van der Waals surface area (Å²) in [4.78, 5) is 24.6. The van der Waals surface area contributed by atoms with Crippen molar-refractivity contribution >= 4 is 81.2 Å². The number of carbonyl (C=O) groups excluding carboxylic acids is 2. The molecule has 0 fully saturated rings. The summed E-state index contributed by atoms with van der Waals surface area (Å²) in [5.74, 6) is -1.68. The molecule has 2 aromatic carbocycles. The molecule has 4 radical (unpaired) electrons. The fraction of sp³-hybridized carbons (Fsp3) is 0.158. The van der Waals surface area contributed by atoms with E-state index in [0.717, 1.165) is 0 Å². The largest absolute Gasteiger partial charge is 0.505 e. The lowest BCUT2D eigenvalue weighted by Gasteiger charge is -2.11. The smallest absolute Gasteiger partial charge is 0.308 e. The number of aryl methyl sites for hydroxylation is 1. The summed E-state index contributed by atoms with van der Waals surface area (Å²) in [5.41, 5.74) is -0.0440. The zero-order valence-corrected chi connectivity index (χ0v) is 18.5. The third-order valence-electron chi connectivity index (χ3n) is 4.28. The molecule has 29 heavy (non-hydrogen) atoms. The number of benzene rings is 2. The molecule has 144 valence electrons. The molecule has 2 N–H and O–H groups in total. The van der Waals surface area contributed by atoms with Crippen LogP contribution in [0.4, 0.5) is 0 Å². The van der Waals surface area contributed by atoms with Crippen molar-refractivity contribution in [2.24, 2.45) is 0 Å². The van der Waals surface area contributed by atoms with Crippen LogP contribution in [0.15, 0.2) is 25.5 Å². The van der Waals surface area contributed by atoms with Crippen LogP contribution >= 0.6 is 31.9 Å². The monoisotopic (exact) mass is 516 g/mol. The maximum absolute atomic E-state index is 13.3. The molecular weight excluding hydrogens is 506 g/mol. The number of rotatable bonds is 4. The van der Waals surface area contributed by atoms with Crippen LogP contribution in [0.5, 0.6) is 17.2 Å². The number of halogens is 2. The van der Waals surface area contributed by atoms with E-state index < -0.39 is 23.3 Å². The lowest BCUT2D eigenvalue weighted by atomic mass is 9.81. The van der Waals surface area contributed by atoms with Crippen molar-refractivity contribution in [3.05, 3.63) is 38.0 Å². The van der Waals surface area contributed by atoms with Gasteiger partial charge >= 0.3 is 5.97 Å². The predicted molar refractivity (Wildman–Crippen MR) is 116 cm³/mol. The minimum atomic E-state index is -0.625. The Morgan fingerprint density at radius 3 is 2.17 bits per heavy atom. The van der Waals surface area contributed by atoms with E-state index in [1.54, 1.807) is 6.92 Å². The lowest BCUT2D eigenvalue weighted by Crippen LogP contribution is -2.16. The number of aromatic hydroxyl groups is 2. The molecular formula is C19H12B2Br2O6. The van der Waals surface area contributed by atoms with E-state index in [-0.39, 0.29) is 38.8 Å². The normalized spacial score (nSPS) is 11.0. The Kier molecular flexibility index (Phi) is 5.87. The molecule has 10 heteroatoms. The van der Waals surface area contributed by atoms with Gasteiger partial charge in [0.15, 0.2) is 17.3 Å². The van der Waals surface area contributed by atoms with E-state index in [0.29, 0.717) is 21.1 Å². The number of furan rings is 1. The van der Waals surface area contributed by atoms with Gasteiger partial charge < -0.3 is 19.4 Å². The molecule has 0 aliphatic carbocycles. The summed E-state index contributed by atoms with van der Waals surface area (Å²) in [6.07, 6.45) is 0.337. The average Bonchev–Trinajstić information content (AvgIpc) is 3.06. The first-order valence-corrected chi connectivity index (χ1v) is 9.93. The Bertz CT molecular complexity index is 1160. The van der Waals surface area contributed by atoms with E-state index in [1.807, 2.05) is 0 Å². The van der Waals surface area contributed by atoms with Gasteiger partial charge in [0.2, 0.25) is 0 Å². The van der Waals surface area contributed by atoms with Crippen molar-refractivity contribution in [2.75, 3.05) is 0 Å². The fourth-order valence-corrected chi connectivity index (χ4v) is 4.32. The molecule has 6 nitrogen and oxygen atoms in total. The highest BCUT2D eigenvalue weighted by atomic mass is 79.9. The first kappa shape index (κ1) is 21.5. The Balaban J connectivity index is 2.26. The summed E-state index contributed by atoms with van der Waals surface area (Å²) < 4.78 is 11.6. The standard InChI is InChI=1S/C19H12B2Br2O6/c1-3-10-11(12-13(20)16(26)17(27)14(21)19(12)29-10)15(25)7-4-8(22)18(9(23)5-7)28-6(2)24/h4-5,26-27H,3H2,1-2H3. The number of hydrogen-bond donors (Lipinski definition) is 2. The van der Waals surface area contributed by atoms with E-state index in [2.05, 4.69) is 31.9 Å². The van der Waals surface area contributed by atoms with Crippen LogP contribution in [0.25, 0.3) is 11.0 Å². The third kappa shape index (κ3) is 3.59. The number of esters is 1. The molecule has 0 bridgehead atoms. The number of ether oxygens (including phenoxy) is 1. The van der Waals surface area contributed by atoms with Crippen molar-refractivity contribution in [3.8, 4) is 17.2 Å². The number of hydrogen-bond acceptors (Lipinski definition) is 6. The first-order chi connectivity index (χ1) is 13.6. The van der Waals surface area contributed by atoms with Crippen LogP contribution in [0.1, 0.15) is 35.5 Å². The molecule has 0 aliphatic heterocycles. The average molecular weight is 518 g/mol. The number of phenols is 2. The maximum Gasteiger partial charge on any atom is 0.308 e. The Morgan fingerprint density at radius 1 is 1.10 bits per heavy atom. The van der Waals surface area contributed by atoms with Crippen molar-refractivity contribution in [1.29, 1.82) is 0 Å². The quantitative estimate of drug-likeness (QED) is 0.182. The van der Waals surface area contributed by atoms with Crippen molar-refractivity contribution in [1.82, 2.24) is 0 Å². The number of ketones is 1. The molecule has 3 rings (SSSR count). The second kappa shape index (κ2) is 7.91. The zero-order valence-electron chi connectivity index (χ0n) is 15.3. The van der Waals surface area contributed by atoms with Crippen molar-refractivity contribution in [3.63, 3.8) is 0 Å². The van der Waals surface area contributed by atoms with E-state index in [9.17, 15) is 19.8 Å². The molecule has 0 saturated heterocycles. The molecule has 0 aliphatic rings. The summed E-state index contributed by atoms with van der Waals surface area (Å²) in [7, 11) is 11.8. The van der Waals surface area contributed by atoms with Crippen LogP contribution in [0, 0.1) is 0 Å². The Labute approximate surface area is 185 Å². The third-order valence-corrected chi connectivity index (χ3v) is 5.46.